The van der Waals surface area contributed by atoms with Crippen molar-refractivity contribution in [2.45, 2.75) is 20.5 Å². The van der Waals surface area contributed by atoms with Crippen molar-refractivity contribution in [2.24, 2.45) is 7.05 Å². The second kappa shape index (κ2) is 4.39. The molecular formula is C13H16N2O. The van der Waals surface area contributed by atoms with Gasteiger partial charge in [-0.25, -0.2) is 4.68 Å². The van der Waals surface area contributed by atoms with Crippen LogP contribution in [0.4, 0.5) is 0 Å². The largest absolute Gasteiger partial charge is 0.473 e. The van der Waals surface area contributed by atoms with E-state index in [1.54, 1.807) is 4.68 Å². The molecule has 0 aliphatic heterocycles. The lowest BCUT2D eigenvalue weighted by molar-refractivity contribution is 0.277. The molecule has 1 aromatic heterocycles. The lowest BCUT2D eigenvalue weighted by Crippen LogP contribution is -2.01. The van der Waals surface area contributed by atoms with Gasteiger partial charge < -0.3 is 4.74 Å². The topological polar surface area (TPSA) is 27.1 Å². The minimum Gasteiger partial charge on any atom is -0.473 e. The highest BCUT2D eigenvalue weighted by Crippen LogP contribution is 2.17. The Balaban J connectivity index is 2.08. The molecule has 0 fully saturated rings. The van der Waals surface area contributed by atoms with Crippen LogP contribution < -0.4 is 4.74 Å². The molecular weight excluding hydrogens is 200 g/mol. The van der Waals surface area contributed by atoms with Gasteiger partial charge in [-0.2, -0.15) is 5.10 Å². The Labute approximate surface area is 95.7 Å². The second-order valence-electron chi connectivity index (χ2n) is 4.03. The van der Waals surface area contributed by atoms with Gasteiger partial charge in [0.1, 0.15) is 6.61 Å². The summed E-state index contributed by atoms with van der Waals surface area (Å²) in [4.78, 5) is 0. The lowest BCUT2D eigenvalue weighted by atomic mass is 10.1. The van der Waals surface area contributed by atoms with Crippen molar-refractivity contribution in [1.82, 2.24) is 9.78 Å². The Hall–Kier alpha value is -1.77. The van der Waals surface area contributed by atoms with Gasteiger partial charge in [-0.15, -0.1) is 0 Å². The maximum absolute atomic E-state index is 5.75. The van der Waals surface area contributed by atoms with Crippen molar-refractivity contribution < 1.29 is 4.74 Å². The van der Waals surface area contributed by atoms with Crippen LogP contribution in [0.25, 0.3) is 0 Å². The monoisotopic (exact) mass is 216 g/mol. The fourth-order valence-electron chi connectivity index (χ4n) is 1.70. The van der Waals surface area contributed by atoms with Crippen molar-refractivity contribution in [3.63, 3.8) is 0 Å². The first kappa shape index (κ1) is 10.7. The summed E-state index contributed by atoms with van der Waals surface area (Å²) in [7, 11) is 1.89. The zero-order valence-corrected chi connectivity index (χ0v) is 9.90. The quantitative estimate of drug-likeness (QED) is 0.788. The van der Waals surface area contributed by atoms with E-state index < -0.39 is 0 Å². The first-order valence-electron chi connectivity index (χ1n) is 5.34. The predicted molar refractivity (Wildman–Crippen MR) is 63.5 cm³/mol. The number of ether oxygens (including phenoxy) is 1. The minimum absolute atomic E-state index is 0.585. The minimum atomic E-state index is 0.585. The average Bonchev–Trinajstić information content (AvgIpc) is 2.56. The van der Waals surface area contributed by atoms with Crippen LogP contribution >= 0.6 is 0 Å². The van der Waals surface area contributed by atoms with E-state index in [0.29, 0.717) is 6.61 Å². The van der Waals surface area contributed by atoms with E-state index in [0.717, 1.165) is 11.4 Å². The Morgan fingerprint density at radius 3 is 2.75 bits per heavy atom. The molecule has 1 heterocycles. The van der Waals surface area contributed by atoms with Gasteiger partial charge in [0.25, 0.3) is 0 Å². The van der Waals surface area contributed by atoms with E-state index in [1.807, 2.05) is 26.2 Å². The SMILES string of the molecule is Cc1cccc(COc2c(C)cnn2C)c1. The van der Waals surface area contributed by atoms with Crippen molar-refractivity contribution in [3.05, 3.63) is 47.2 Å². The molecule has 2 aromatic rings. The molecule has 0 N–H and O–H groups in total. The Kier molecular flexibility index (Phi) is 2.95. The third kappa shape index (κ3) is 2.24. The molecule has 3 heteroatoms. The van der Waals surface area contributed by atoms with Crippen molar-refractivity contribution in [3.8, 4) is 5.88 Å². The van der Waals surface area contributed by atoms with E-state index in [2.05, 4.69) is 30.2 Å². The molecule has 1 aromatic carbocycles. The summed E-state index contributed by atoms with van der Waals surface area (Å²) in [6.45, 7) is 4.67. The van der Waals surface area contributed by atoms with Gasteiger partial charge in [0.2, 0.25) is 5.88 Å². The van der Waals surface area contributed by atoms with Gasteiger partial charge in [0.05, 0.1) is 6.20 Å². The summed E-state index contributed by atoms with van der Waals surface area (Å²) >= 11 is 0. The summed E-state index contributed by atoms with van der Waals surface area (Å²) in [5.74, 6) is 0.835. The molecule has 0 aliphatic carbocycles. The number of hydrogen-bond donors (Lipinski definition) is 0. The Morgan fingerprint density at radius 1 is 1.31 bits per heavy atom. The average molecular weight is 216 g/mol. The molecule has 3 nitrogen and oxygen atoms in total. The highest BCUT2D eigenvalue weighted by atomic mass is 16.5. The Morgan fingerprint density at radius 2 is 2.12 bits per heavy atom. The molecule has 0 aliphatic rings. The fourth-order valence-corrected chi connectivity index (χ4v) is 1.70. The number of rotatable bonds is 3. The van der Waals surface area contributed by atoms with E-state index in [9.17, 15) is 0 Å². The van der Waals surface area contributed by atoms with E-state index in [4.69, 9.17) is 4.74 Å². The summed E-state index contributed by atoms with van der Waals surface area (Å²) < 4.78 is 7.50. The normalized spacial score (nSPS) is 10.4. The highest BCUT2D eigenvalue weighted by molar-refractivity contribution is 5.24. The molecule has 0 spiro atoms. The molecule has 16 heavy (non-hydrogen) atoms. The van der Waals surface area contributed by atoms with Gasteiger partial charge in [-0.1, -0.05) is 29.8 Å². The molecule has 0 bridgehead atoms. The molecule has 84 valence electrons. The number of benzene rings is 1. The van der Waals surface area contributed by atoms with Gasteiger partial charge in [0, 0.05) is 12.6 Å². The summed E-state index contributed by atoms with van der Waals surface area (Å²) in [6.07, 6.45) is 1.81. The summed E-state index contributed by atoms with van der Waals surface area (Å²) in [5.41, 5.74) is 3.50. The van der Waals surface area contributed by atoms with Crippen molar-refractivity contribution >= 4 is 0 Å². The first-order valence-corrected chi connectivity index (χ1v) is 5.34. The van der Waals surface area contributed by atoms with Crippen LogP contribution in [0.15, 0.2) is 30.5 Å². The second-order valence-corrected chi connectivity index (χ2v) is 4.03. The molecule has 0 saturated carbocycles. The maximum atomic E-state index is 5.75. The number of nitrogens with zero attached hydrogens (tertiary/aromatic N) is 2. The van der Waals surface area contributed by atoms with Gasteiger partial charge in [-0.3, -0.25) is 0 Å². The molecule has 0 amide bonds. The maximum Gasteiger partial charge on any atom is 0.214 e. The first-order chi connectivity index (χ1) is 7.66. The van der Waals surface area contributed by atoms with Crippen LogP contribution in [0.1, 0.15) is 16.7 Å². The van der Waals surface area contributed by atoms with E-state index in [-0.39, 0.29) is 0 Å². The van der Waals surface area contributed by atoms with Crippen LogP contribution in [0.5, 0.6) is 5.88 Å². The van der Waals surface area contributed by atoms with Crippen LogP contribution in [0.2, 0.25) is 0 Å². The summed E-state index contributed by atoms with van der Waals surface area (Å²) in [6, 6.07) is 8.33. The van der Waals surface area contributed by atoms with Gasteiger partial charge in [0.15, 0.2) is 0 Å². The number of aryl methyl sites for hydroxylation is 3. The molecule has 0 atom stereocenters. The van der Waals surface area contributed by atoms with E-state index in [1.165, 1.54) is 11.1 Å². The zero-order valence-electron chi connectivity index (χ0n) is 9.90. The van der Waals surface area contributed by atoms with Crippen LogP contribution in [0, 0.1) is 13.8 Å². The van der Waals surface area contributed by atoms with Crippen LogP contribution in [-0.2, 0) is 13.7 Å². The zero-order chi connectivity index (χ0) is 11.5. The molecule has 2 rings (SSSR count). The third-order valence-electron chi connectivity index (χ3n) is 2.51. The summed E-state index contributed by atoms with van der Waals surface area (Å²) in [5, 5.41) is 4.14. The Bertz CT molecular complexity index is 469. The van der Waals surface area contributed by atoms with Gasteiger partial charge in [-0.05, 0) is 19.4 Å². The lowest BCUT2D eigenvalue weighted by Gasteiger charge is -2.07. The van der Waals surface area contributed by atoms with Crippen LogP contribution in [-0.4, -0.2) is 9.78 Å². The standard InChI is InChI=1S/C13H16N2O/c1-10-5-4-6-12(7-10)9-16-13-11(2)8-14-15(13)3/h4-8H,9H2,1-3H3. The smallest absolute Gasteiger partial charge is 0.214 e. The molecule has 0 unspecified atom stereocenters. The highest BCUT2D eigenvalue weighted by Gasteiger charge is 2.05. The third-order valence-corrected chi connectivity index (χ3v) is 2.51. The predicted octanol–water partition coefficient (Wildman–Crippen LogP) is 2.62. The van der Waals surface area contributed by atoms with Gasteiger partial charge >= 0.3 is 0 Å². The molecule has 0 saturated heterocycles. The fraction of sp³-hybridized carbons (Fsp3) is 0.308. The van der Waals surface area contributed by atoms with Crippen LogP contribution in [0.3, 0.4) is 0 Å². The number of aromatic nitrogens is 2. The van der Waals surface area contributed by atoms with Crippen molar-refractivity contribution in [1.29, 1.82) is 0 Å². The number of hydrogen-bond acceptors (Lipinski definition) is 2. The van der Waals surface area contributed by atoms with Crippen molar-refractivity contribution in [2.75, 3.05) is 0 Å². The molecule has 0 radical (unpaired) electrons. The van der Waals surface area contributed by atoms with E-state index >= 15 is 0 Å².